The molecule has 1 N–H and O–H groups in total. The Morgan fingerprint density at radius 3 is 2.50 bits per heavy atom. The zero-order valence-corrected chi connectivity index (χ0v) is 15.7. The van der Waals surface area contributed by atoms with Crippen LogP contribution in [-0.2, 0) is 16.0 Å². The highest BCUT2D eigenvalue weighted by molar-refractivity contribution is 7.91. The zero-order valence-electron chi connectivity index (χ0n) is 14.9. The first-order chi connectivity index (χ1) is 13.1. The first-order valence-electron chi connectivity index (χ1n) is 8.21. The average Bonchev–Trinajstić information content (AvgIpc) is 3.07. The Labute approximate surface area is 159 Å². The van der Waals surface area contributed by atoms with Crippen LogP contribution in [0.2, 0.25) is 0 Å². The molecule has 3 rings (SSSR count). The predicted octanol–water partition coefficient (Wildman–Crippen LogP) is 4.38. The molecule has 0 aliphatic heterocycles. The summed E-state index contributed by atoms with van der Waals surface area (Å²) in [6.07, 6.45) is -4.51. The smallest absolute Gasteiger partial charge is 0.416 e. The van der Waals surface area contributed by atoms with Crippen molar-refractivity contribution >= 4 is 9.84 Å². The van der Waals surface area contributed by atoms with Gasteiger partial charge in [0.25, 0.3) is 0 Å². The minimum absolute atomic E-state index is 0.0452. The summed E-state index contributed by atoms with van der Waals surface area (Å²) >= 11 is 0. The van der Waals surface area contributed by atoms with Gasteiger partial charge in [-0.1, -0.05) is 13.0 Å². The number of H-pyrrole nitrogens is 1. The van der Waals surface area contributed by atoms with Crippen LogP contribution in [0, 0.1) is 6.92 Å². The number of sulfone groups is 1. The highest BCUT2D eigenvalue weighted by atomic mass is 32.2. The number of hydrogen-bond donors (Lipinski definition) is 1. The summed E-state index contributed by atoms with van der Waals surface area (Å²) in [6.45, 7) is 3.18. The topological polar surface area (TPSA) is 84.9 Å². The predicted molar refractivity (Wildman–Crippen MR) is 95.8 cm³/mol. The molecule has 0 radical (unpaired) electrons. The van der Waals surface area contributed by atoms with Crippen molar-refractivity contribution in [3.05, 3.63) is 53.9 Å². The molecule has 3 aromatic rings. The van der Waals surface area contributed by atoms with E-state index in [1.165, 1.54) is 37.3 Å². The van der Waals surface area contributed by atoms with Gasteiger partial charge in [0, 0.05) is 0 Å². The quantitative estimate of drug-likeness (QED) is 0.673. The summed E-state index contributed by atoms with van der Waals surface area (Å²) in [5.74, 6) is 0.645. The van der Waals surface area contributed by atoms with Gasteiger partial charge in [-0.05, 0) is 43.3 Å². The second-order valence-electron chi connectivity index (χ2n) is 5.93. The Kier molecular flexibility index (Phi) is 5.16. The van der Waals surface area contributed by atoms with Gasteiger partial charge in [0.1, 0.15) is 17.3 Å². The molecule has 0 saturated heterocycles. The zero-order chi connectivity index (χ0) is 20.5. The molecule has 0 spiro atoms. The third-order valence-electron chi connectivity index (χ3n) is 3.92. The number of benzene rings is 2. The number of ether oxygens (including phenoxy) is 1. The highest BCUT2D eigenvalue weighted by Gasteiger charge is 2.30. The summed E-state index contributed by atoms with van der Waals surface area (Å²) < 4.78 is 68.8. The Hall–Kier alpha value is -2.88. The maximum atomic E-state index is 12.9. The molecule has 0 unspecified atom stereocenters. The van der Waals surface area contributed by atoms with Crippen LogP contribution in [0.3, 0.4) is 0 Å². The molecule has 148 valence electrons. The summed E-state index contributed by atoms with van der Waals surface area (Å²) in [4.78, 5) is 4.21. The standard InChI is InChI=1S/C18H16F3N3O3S/c1-3-28(25,26)14-7-8-16(15(10-14)17-22-11(2)23-24-17)27-13-6-4-5-12(9-13)18(19,20)21/h4-10H,3H2,1-2H3,(H,22,23,24). The van der Waals surface area contributed by atoms with E-state index in [-0.39, 0.29) is 33.5 Å². The maximum Gasteiger partial charge on any atom is 0.416 e. The molecule has 0 amide bonds. The first-order valence-corrected chi connectivity index (χ1v) is 9.86. The monoisotopic (exact) mass is 411 g/mol. The van der Waals surface area contributed by atoms with Gasteiger partial charge < -0.3 is 4.74 Å². The minimum atomic E-state index is -4.51. The molecule has 10 heteroatoms. The van der Waals surface area contributed by atoms with Gasteiger partial charge in [0.15, 0.2) is 15.7 Å². The molecule has 1 heterocycles. The molecule has 0 aliphatic rings. The number of alkyl halides is 3. The van der Waals surface area contributed by atoms with E-state index in [4.69, 9.17) is 4.74 Å². The largest absolute Gasteiger partial charge is 0.457 e. The molecule has 6 nitrogen and oxygen atoms in total. The molecule has 0 fully saturated rings. The van der Waals surface area contributed by atoms with Crippen LogP contribution < -0.4 is 4.74 Å². The van der Waals surface area contributed by atoms with Crippen LogP contribution in [0.4, 0.5) is 13.2 Å². The normalized spacial score (nSPS) is 12.2. The van der Waals surface area contributed by atoms with Gasteiger partial charge in [-0.25, -0.2) is 13.4 Å². The Morgan fingerprint density at radius 2 is 1.89 bits per heavy atom. The molecule has 0 saturated carbocycles. The van der Waals surface area contributed by atoms with Crippen LogP contribution in [0.25, 0.3) is 11.4 Å². The summed E-state index contributed by atoms with van der Waals surface area (Å²) in [7, 11) is -3.51. The van der Waals surface area contributed by atoms with Gasteiger partial charge in [0.05, 0.1) is 21.8 Å². The van der Waals surface area contributed by atoms with Gasteiger partial charge >= 0.3 is 6.18 Å². The lowest BCUT2D eigenvalue weighted by atomic mass is 10.1. The van der Waals surface area contributed by atoms with Gasteiger partial charge in [-0.15, -0.1) is 0 Å². The lowest BCUT2D eigenvalue weighted by Crippen LogP contribution is -2.05. The van der Waals surface area contributed by atoms with E-state index in [1.807, 2.05) is 0 Å². The molecule has 0 bridgehead atoms. The SMILES string of the molecule is CCS(=O)(=O)c1ccc(Oc2cccc(C(F)(F)F)c2)c(-c2n[nH]c(C)n2)c1. The fourth-order valence-electron chi connectivity index (χ4n) is 2.46. The number of halogens is 3. The third kappa shape index (κ3) is 4.16. The van der Waals surface area contributed by atoms with E-state index in [0.29, 0.717) is 5.82 Å². The van der Waals surface area contributed by atoms with E-state index < -0.39 is 21.6 Å². The number of rotatable bonds is 5. The Bertz CT molecular complexity index is 1110. The van der Waals surface area contributed by atoms with Crippen LogP contribution in [0.15, 0.2) is 47.4 Å². The molecule has 28 heavy (non-hydrogen) atoms. The van der Waals surface area contributed by atoms with Crippen LogP contribution >= 0.6 is 0 Å². The van der Waals surface area contributed by atoms with Gasteiger partial charge in [-0.2, -0.15) is 18.3 Å². The fourth-order valence-corrected chi connectivity index (χ4v) is 3.37. The molecule has 0 aliphatic carbocycles. The summed E-state index contributed by atoms with van der Waals surface area (Å²) in [6, 6.07) is 8.47. The van der Waals surface area contributed by atoms with Crippen molar-refractivity contribution in [1.29, 1.82) is 0 Å². The molecule has 2 aromatic carbocycles. The van der Waals surface area contributed by atoms with E-state index >= 15 is 0 Å². The molecule has 0 atom stereocenters. The van der Waals surface area contributed by atoms with Gasteiger partial charge in [0.2, 0.25) is 0 Å². The number of hydrogen-bond acceptors (Lipinski definition) is 5. The van der Waals surface area contributed by atoms with Crippen molar-refractivity contribution < 1.29 is 26.3 Å². The number of aryl methyl sites for hydroxylation is 1. The number of aromatic nitrogens is 3. The van der Waals surface area contributed by atoms with Crippen molar-refractivity contribution in [3.63, 3.8) is 0 Å². The third-order valence-corrected chi connectivity index (χ3v) is 5.65. The minimum Gasteiger partial charge on any atom is -0.457 e. The van der Waals surface area contributed by atoms with E-state index in [1.54, 1.807) is 6.92 Å². The van der Waals surface area contributed by atoms with Crippen LogP contribution in [0.5, 0.6) is 11.5 Å². The summed E-state index contributed by atoms with van der Waals surface area (Å²) in [5.41, 5.74) is -0.609. The van der Waals surface area contributed by atoms with E-state index in [2.05, 4.69) is 15.2 Å². The first kappa shape index (κ1) is 19.9. The lowest BCUT2D eigenvalue weighted by molar-refractivity contribution is -0.137. The number of aromatic amines is 1. The van der Waals surface area contributed by atoms with Crippen LogP contribution in [-0.4, -0.2) is 29.4 Å². The number of nitrogens with one attached hydrogen (secondary N) is 1. The molecular weight excluding hydrogens is 395 g/mol. The molecular formula is C18H16F3N3O3S. The van der Waals surface area contributed by atoms with E-state index in [0.717, 1.165) is 12.1 Å². The van der Waals surface area contributed by atoms with Crippen molar-refractivity contribution in [1.82, 2.24) is 15.2 Å². The van der Waals surface area contributed by atoms with Crippen molar-refractivity contribution in [2.75, 3.05) is 5.75 Å². The fraction of sp³-hybridized carbons (Fsp3) is 0.222. The average molecular weight is 411 g/mol. The lowest BCUT2D eigenvalue weighted by Gasteiger charge is -2.13. The van der Waals surface area contributed by atoms with Gasteiger partial charge in [-0.3, -0.25) is 5.10 Å². The van der Waals surface area contributed by atoms with Crippen molar-refractivity contribution in [2.45, 2.75) is 24.9 Å². The second-order valence-corrected chi connectivity index (χ2v) is 8.21. The molecule has 1 aromatic heterocycles. The second kappa shape index (κ2) is 7.27. The van der Waals surface area contributed by atoms with E-state index in [9.17, 15) is 21.6 Å². The maximum absolute atomic E-state index is 12.9. The van der Waals surface area contributed by atoms with Crippen LogP contribution in [0.1, 0.15) is 18.3 Å². The Morgan fingerprint density at radius 1 is 1.14 bits per heavy atom. The highest BCUT2D eigenvalue weighted by Crippen LogP contribution is 2.36. The Balaban J connectivity index is 2.08. The number of nitrogens with zero attached hydrogens (tertiary/aromatic N) is 2. The van der Waals surface area contributed by atoms with Crippen molar-refractivity contribution in [2.24, 2.45) is 0 Å². The summed E-state index contributed by atoms with van der Waals surface area (Å²) in [5, 5.41) is 6.65. The van der Waals surface area contributed by atoms with Crippen molar-refractivity contribution in [3.8, 4) is 22.9 Å².